The van der Waals surface area contributed by atoms with Crippen LogP contribution < -0.4 is 10.1 Å². The molecule has 4 rings (SSSR count). The first-order valence-electron chi connectivity index (χ1n) is 11.0. The van der Waals surface area contributed by atoms with Crippen LogP contribution in [0.15, 0.2) is 47.1 Å². The predicted molar refractivity (Wildman–Crippen MR) is 120 cm³/mol. The number of aliphatic carboxylic acids is 1. The number of likely N-dealkylation sites (N-methyl/N-ethyl adjacent to an activating group) is 1. The summed E-state index contributed by atoms with van der Waals surface area (Å²) in [5.41, 5.74) is 0.841. The minimum absolute atomic E-state index is 0.00167. The van der Waals surface area contributed by atoms with Gasteiger partial charge in [0.1, 0.15) is 23.7 Å². The van der Waals surface area contributed by atoms with E-state index in [2.05, 4.69) is 5.32 Å². The number of furan rings is 1. The zero-order valence-corrected chi connectivity index (χ0v) is 19.4. The molecule has 0 radical (unpaired) electrons. The molecule has 2 aromatic rings. The summed E-state index contributed by atoms with van der Waals surface area (Å²) in [4.78, 5) is 53.6. The minimum Gasteiger partial charge on any atom is -0.497 e. The summed E-state index contributed by atoms with van der Waals surface area (Å²) in [6.07, 6.45) is 0.0247. The van der Waals surface area contributed by atoms with Gasteiger partial charge in [-0.2, -0.15) is 0 Å². The van der Waals surface area contributed by atoms with E-state index in [9.17, 15) is 24.3 Å². The zero-order valence-electron chi connectivity index (χ0n) is 19.4. The molecule has 35 heavy (non-hydrogen) atoms. The number of nitrogens with zero attached hydrogens (tertiary/aromatic N) is 4. The number of benzene rings is 1. The van der Waals surface area contributed by atoms with Gasteiger partial charge in [0, 0.05) is 13.6 Å². The van der Waals surface area contributed by atoms with Crippen LogP contribution in [0.25, 0.3) is 0 Å². The summed E-state index contributed by atoms with van der Waals surface area (Å²) in [6, 6.07) is 8.87. The highest BCUT2D eigenvalue weighted by molar-refractivity contribution is 5.93. The van der Waals surface area contributed by atoms with E-state index in [0.29, 0.717) is 11.5 Å². The first-order valence-corrected chi connectivity index (χ1v) is 11.0. The van der Waals surface area contributed by atoms with Gasteiger partial charge >= 0.3 is 12.0 Å². The van der Waals surface area contributed by atoms with Gasteiger partial charge < -0.3 is 29.4 Å². The van der Waals surface area contributed by atoms with E-state index in [1.165, 1.54) is 26.1 Å². The molecule has 12 heteroatoms. The number of ether oxygens (including phenoxy) is 1. The molecule has 2 atom stereocenters. The number of hydrogen-bond donors (Lipinski definition) is 2. The second kappa shape index (κ2) is 10.1. The molecule has 1 aromatic heterocycles. The third-order valence-corrected chi connectivity index (χ3v) is 6.05. The van der Waals surface area contributed by atoms with E-state index in [1.54, 1.807) is 38.4 Å². The maximum atomic E-state index is 13.3. The van der Waals surface area contributed by atoms with Crippen LogP contribution in [0.5, 0.6) is 5.75 Å². The number of nitrogens with one attached hydrogen (secondary N) is 1. The average Bonchev–Trinajstić information content (AvgIpc) is 3.33. The Morgan fingerprint density at radius 1 is 1.20 bits per heavy atom. The van der Waals surface area contributed by atoms with Crippen molar-refractivity contribution in [3.63, 3.8) is 0 Å². The summed E-state index contributed by atoms with van der Waals surface area (Å²) < 4.78 is 10.5. The highest BCUT2D eigenvalue weighted by Crippen LogP contribution is 2.28. The number of urea groups is 1. The Hall–Kier alpha value is -4.06. The number of piperazine rings is 1. The van der Waals surface area contributed by atoms with Crippen LogP contribution in [-0.2, 0) is 27.5 Å². The predicted octanol–water partition coefficient (Wildman–Crippen LogP) is 0.701. The number of carboxylic acid groups (broad SMARTS) is 1. The van der Waals surface area contributed by atoms with Crippen molar-refractivity contribution in [2.24, 2.45) is 0 Å². The highest BCUT2D eigenvalue weighted by Gasteiger charge is 2.51. The molecule has 2 aliphatic heterocycles. The van der Waals surface area contributed by atoms with Crippen LogP contribution in [0.2, 0.25) is 0 Å². The molecule has 2 N–H and O–H groups in total. The van der Waals surface area contributed by atoms with Crippen LogP contribution in [0.4, 0.5) is 4.79 Å². The fourth-order valence-corrected chi connectivity index (χ4v) is 4.41. The van der Waals surface area contributed by atoms with Crippen molar-refractivity contribution in [3.05, 3.63) is 54.0 Å². The molecule has 4 amide bonds. The Labute approximate surface area is 201 Å². The number of hydrogen-bond acceptors (Lipinski definition) is 7. The van der Waals surface area contributed by atoms with Gasteiger partial charge in [0.15, 0.2) is 0 Å². The van der Waals surface area contributed by atoms with E-state index in [0.717, 1.165) is 5.56 Å². The van der Waals surface area contributed by atoms with Crippen LogP contribution >= 0.6 is 0 Å². The fraction of sp³-hybridized carbons (Fsp3) is 0.391. The Morgan fingerprint density at radius 2 is 1.94 bits per heavy atom. The minimum atomic E-state index is -1.24. The highest BCUT2D eigenvalue weighted by atomic mass is 16.5. The lowest BCUT2D eigenvalue weighted by Crippen LogP contribution is -2.76. The fourth-order valence-electron chi connectivity index (χ4n) is 4.41. The van der Waals surface area contributed by atoms with Crippen molar-refractivity contribution in [2.45, 2.75) is 31.7 Å². The Balaban J connectivity index is 1.57. The van der Waals surface area contributed by atoms with E-state index in [-0.39, 0.29) is 26.2 Å². The molecular formula is C23H27N5O7. The lowest BCUT2D eigenvalue weighted by Gasteiger charge is -2.54. The Bertz CT molecular complexity index is 1090. The molecule has 12 nitrogen and oxygen atoms in total. The van der Waals surface area contributed by atoms with Crippen LogP contribution in [0.3, 0.4) is 0 Å². The van der Waals surface area contributed by atoms with Crippen molar-refractivity contribution in [2.75, 3.05) is 27.2 Å². The van der Waals surface area contributed by atoms with E-state index in [1.807, 2.05) is 12.1 Å². The van der Waals surface area contributed by atoms with E-state index >= 15 is 0 Å². The van der Waals surface area contributed by atoms with Crippen molar-refractivity contribution in [1.82, 2.24) is 25.1 Å². The number of carboxylic acids is 1. The molecule has 0 bridgehead atoms. The second-order valence-corrected chi connectivity index (χ2v) is 8.36. The van der Waals surface area contributed by atoms with Gasteiger partial charge in [-0.25, -0.2) is 14.8 Å². The molecular weight excluding hydrogens is 458 g/mol. The number of methoxy groups -OCH3 is 1. The second-order valence-electron chi connectivity index (χ2n) is 8.36. The van der Waals surface area contributed by atoms with Crippen LogP contribution in [-0.4, -0.2) is 88.2 Å². The topological polar surface area (TPSA) is 136 Å². The molecule has 2 fully saturated rings. The van der Waals surface area contributed by atoms with Crippen molar-refractivity contribution in [3.8, 4) is 5.75 Å². The maximum absolute atomic E-state index is 13.3. The molecule has 0 unspecified atom stereocenters. The normalized spacial score (nSPS) is 20.6. The van der Waals surface area contributed by atoms with E-state index < -0.39 is 42.4 Å². The van der Waals surface area contributed by atoms with Gasteiger partial charge in [0.2, 0.25) is 11.8 Å². The van der Waals surface area contributed by atoms with Crippen molar-refractivity contribution in [1.29, 1.82) is 0 Å². The molecule has 0 saturated carbocycles. The van der Waals surface area contributed by atoms with Gasteiger partial charge in [0.05, 0.1) is 39.4 Å². The quantitative estimate of drug-likeness (QED) is 0.585. The number of carbonyl (C=O) groups is 4. The summed E-state index contributed by atoms with van der Waals surface area (Å²) in [5.74, 6) is -0.945. The molecule has 0 aliphatic carbocycles. The number of carbonyl (C=O) groups excluding carboxylic acids is 3. The lowest BCUT2D eigenvalue weighted by atomic mass is 10.0. The third kappa shape index (κ3) is 5.06. The first kappa shape index (κ1) is 24.1. The molecule has 2 saturated heterocycles. The Kier molecular flexibility index (Phi) is 6.92. The standard InChI is InChI=1S/C23H27N5O7/c1-25-14-20(29)27-18(10-21(30)31)22(32)26(12-17-4-3-9-35-17)13-19(27)28(25)23(33)24-11-15-5-7-16(34-2)8-6-15/h3-9,18-19H,10-14H2,1-2H3,(H,24,33)(H,30,31)/t18-,19-/m0/s1. The average molecular weight is 485 g/mol. The SMILES string of the molecule is COc1ccc(CNC(=O)N2[C@H]3CN(Cc4ccco4)C(=O)[C@H](CC(=O)O)N3C(=O)CN2C)cc1. The smallest absolute Gasteiger partial charge is 0.334 e. The zero-order chi connectivity index (χ0) is 25.1. The molecule has 0 spiro atoms. The lowest BCUT2D eigenvalue weighted by molar-refractivity contribution is -0.189. The van der Waals surface area contributed by atoms with Gasteiger partial charge in [-0.05, 0) is 29.8 Å². The van der Waals surface area contributed by atoms with Gasteiger partial charge in [-0.1, -0.05) is 12.1 Å². The summed E-state index contributed by atoms with van der Waals surface area (Å²) in [6.45, 7) is 0.142. The Morgan fingerprint density at radius 3 is 2.57 bits per heavy atom. The van der Waals surface area contributed by atoms with Gasteiger partial charge in [-0.15, -0.1) is 0 Å². The van der Waals surface area contributed by atoms with Crippen LogP contribution in [0, 0.1) is 0 Å². The number of hydrazine groups is 1. The maximum Gasteiger partial charge on any atom is 0.334 e. The van der Waals surface area contributed by atoms with Crippen molar-refractivity contribution < 1.29 is 33.4 Å². The largest absolute Gasteiger partial charge is 0.497 e. The summed E-state index contributed by atoms with van der Waals surface area (Å²) >= 11 is 0. The van der Waals surface area contributed by atoms with Gasteiger partial charge in [-0.3, -0.25) is 14.4 Å². The monoisotopic (exact) mass is 485 g/mol. The summed E-state index contributed by atoms with van der Waals surface area (Å²) in [5, 5.41) is 15.1. The number of fused-ring (bicyclic) bond motifs is 1. The first-order chi connectivity index (χ1) is 16.8. The third-order valence-electron chi connectivity index (χ3n) is 6.05. The molecule has 3 heterocycles. The molecule has 186 valence electrons. The summed E-state index contributed by atoms with van der Waals surface area (Å²) in [7, 11) is 3.17. The van der Waals surface area contributed by atoms with E-state index in [4.69, 9.17) is 9.15 Å². The number of rotatable bonds is 7. The van der Waals surface area contributed by atoms with Crippen molar-refractivity contribution >= 4 is 23.8 Å². The molecule has 1 aromatic carbocycles. The number of amides is 4. The van der Waals surface area contributed by atoms with Crippen LogP contribution in [0.1, 0.15) is 17.7 Å². The molecule has 2 aliphatic rings. The van der Waals surface area contributed by atoms with Gasteiger partial charge in [0.25, 0.3) is 0 Å².